The zero-order valence-corrected chi connectivity index (χ0v) is 8.66. The van der Waals surface area contributed by atoms with Gasteiger partial charge in [-0.15, -0.1) is 12.1 Å². The fourth-order valence-corrected chi connectivity index (χ4v) is 2.33. The molecule has 0 atom stereocenters. The highest BCUT2D eigenvalue weighted by atomic mass is 32.2. The molecule has 0 unspecified atom stereocenters. The van der Waals surface area contributed by atoms with Crippen LogP contribution in [-0.4, -0.2) is 31.2 Å². The van der Waals surface area contributed by atoms with Gasteiger partial charge < -0.3 is 17.7 Å². The summed E-state index contributed by atoms with van der Waals surface area (Å²) in [4.78, 5) is 0. The van der Waals surface area contributed by atoms with Crippen LogP contribution in [0.1, 0.15) is 12.8 Å². The standard InChI is InChI=1S/C8H13BF3OS/c1-7(9(10,11)12)6-14-8-2-4-13-5-3-8/h8H,1-6H2/q-1. The van der Waals surface area contributed by atoms with Gasteiger partial charge in [0.25, 0.3) is 0 Å². The van der Waals surface area contributed by atoms with Crippen LogP contribution in [0.25, 0.3) is 0 Å². The molecule has 82 valence electrons. The van der Waals surface area contributed by atoms with Gasteiger partial charge in [-0.25, -0.2) is 0 Å². The Morgan fingerprint density at radius 2 is 1.93 bits per heavy atom. The molecule has 1 nitrogen and oxygen atoms in total. The third kappa shape index (κ3) is 3.96. The van der Waals surface area contributed by atoms with Gasteiger partial charge in [0.05, 0.1) is 0 Å². The van der Waals surface area contributed by atoms with E-state index in [9.17, 15) is 12.9 Å². The predicted molar refractivity (Wildman–Crippen MR) is 54.5 cm³/mol. The van der Waals surface area contributed by atoms with Crippen molar-refractivity contribution >= 4 is 18.7 Å². The van der Waals surface area contributed by atoms with Crippen LogP contribution >= 0.6 is 11.8 Å². The van der Waals surface area contributed by atoms with Crippen molar-refractivity contribution in [2.45, 2.75) is 18.1 Å². The summed E-state index contributed by atoms with van der Waals surface area (Å²) in [6, 6.07) is 0. The van der Waals surface area contributed by atoms with Crippen LogP contribution in [0.5, 0.6) is 0 Å². The lowest BCUT2D eigenvalue weighted by Crippen LogP contribution is -2.23. The molecule has 1 saturated heterocycles. The Hall–Kier alpha value is -0.0951. The number of thioether (sulfide) groups is 1. The molecule has 1 heterocycles. The van der Waals surface area contributed by atoms with Gasteiger partial charge >= 0.3 is 6.98 Å². The first-order valence-corrected chi connectivity index (χ1v) is 5.62. The maximum absolute atomic E-state index is 12.1. The fourth-order valence-electron chi connectivity index (χ4n) is 1.16. The number of rotatable bonds is 4. The Balaban J connectivity index is 2.22. The maximum Gasteiger partial charge on any atom is 0.505 e. The van der Waals surface area contributed by atoms with E-state index in [1.54, 1.807) is 0 Å². The summed E-state index contributed by atoms with van der Waals surface area (Å²) in [5.41, 5.74) is -0.582. The van der Waals surface area contributed by atoms with Crippen molar-refractivity contribution in [3.63, 3.8) is 0 Å². The first kappa shape index (κ1) is 12.0. The minimum absolute atomic E-state index is 0.00810. The van der Waals surface area contributed by atoms with Crippen LogP contribution < -0.4 is 0 Å². The molecule has 0 saturated carbocycles. The SMILES string of the molecule is C=C(CSC1CCOCC1)[B-](F)(F)F. The second-order valence-electron chi connectivity index (χ2n) is 3.36. The summed E-state index contributed by atoms with van der Waals surface area (Å²) in [5, 5.41) is 0.304. The molecule has 6 heteroatoms. The van der Waals surface area contributed by atoms with Crippen LogP contribution in [0.15, 0.2) is 12.1 Å². The molecule has 0 bridgehead atoms. The van der Waals surface area contributed by atoms with Crippen molar-refractivity contribution in [2.75, 3.05) is 19.0 Å². The van der Waals surface area contributed by atoms with E-state index in [2.05, 4.69) is 6.58 Å². The van der Waals surface area contributed by atoms with Crippen molar-refractivity contribution in [1.29, 1.82) is 0 Å². The van der Waals surface area contributed by atoms with Gasteiger partial charge in [-0.2, -0.15) is 11.8 Å². The predicted octanol–water partition coefficient (Wildman–Crippen LogP) is 2.84. The molecule has 0 N–H and O–H groups in total. The lowest BCUT2D eigenvalue weighted by atomic mass is 9.82. The molecular weight excluding hydrogens is 212 g/mol. The second-order valence-corrected chi connectivity index (χ2v) is 4.64. The highest BCUT2D eigenvalue weighted by molar-refractivity contribution is 8.00. The quantitative estimate of drug-likeness (QED) is 0.680. The summed E-state index contributed by atoms with van der Waals surface area (Å²) < 4.78 is 41.5. The molecule has 0 aliphatic carbocycles. The zero-order chi connectivity index (χ0) is 10.6. The van der Waals surface area contributed by atoms with Crippen LogP contribution in [0.4, 0.5) is 12.9 Å². The van der Waals surface area contributed by atoms with E-state index in [0.29, 0.717) is 18.5 Å². The van der Waals surface area contributed by atoms with Crippen molar-refractivity contribution in [3.8, 4) is 0 Å². The highest BCUT2D eigenvalue weighted by Gasteiger charge is 2.27. The van der Waals surface area contributed by atoms with E-state index in [4.69, 9.17) is 4.74 Å². The van der Waals surface area contributed by atoms with Crippen molar-refractivity contribution in [2.24, 2.45) is 0 Å². The summed E-state index contributed by atoms with van der Waals surface area (Å²) in [6.45, 7) is -0.450. The van der Waals surface area contributed by atoms with E-state index >= 15 is 0 Å². The Morgan fingerprint density at radius 3 is 2.43 bits per heavy atom. The van der Waals surface area contributed by atoms with Crippen LogP contribution in [0, 0.1) is 0 Å². The number of halogens is 3. The van der Waals surface area contributed by atoms with Crippen LogP contribution in [0.2, 0.25) is 0 Å². The molecule has 0 radical (unpaired) electrons. The number of ether oxygens (including phenoxy) is 1. The summed E-state index contributed by atoms with van der Waals surface area (Å²) >= 11 is 1.35. The molecule has 1 rings (SSSR count). The van der Waals surface area contributed by atoms with E-state index in [0.717, 1.165) is 12.8 Å². The van der Waals surface area contributed by atoms with Gasteiger partial charge in [0.2, 0.25) is 0 Å². The Bertz CT molecular complexity index is 201. The molecule has 0 aromatic carbocycles. The van der Waals surface area contributed by atoms with Gasteiger partial charge in [-0.05, 0) is 18.6 Å². The maximum atomic E-state index is 12.1. The Morgan fingerprint density at radius 1 is 1.36 bits per heavy atom. The lowest BCUT2D eigenvalue weighted by molar-refractivity contribution is 0.100. The van der Waals surface area contributed by atoms with E-state index < -0.39 is 12.4 Å². The monoisotopic (exact) mass is 225 g/mol. The average molecular weight is 225 g/mol. The molecule has 1 fully saturated rings. The summed E-state index contributed by atoms with van der Waals surface area (Å²) in [7, 11) is 0. The zero-order valence-electron chi connectivity index (χ0n) is 7.85. The molecule has 14 heavy (non-hydrogen) atoms. The highest BCUT2D eigenvalue weighted by Crippen LogP contribution is 2.27. The number of hydrogen-bond acceptors (Lipinski definition) is 2. The van der Waals surface area contributed by atoms with E-state index in [1.807, 2.05) is 0 Å². The number of hydrogen-bond donors (Lipinski definition) is 0. The van der Waals surface area contributed by atoms with Crippen molar-refractivity contribution in [1.82, 2.24) is 0 Å². The Labute approximate surface area is 86.1 Å². The second kappa shape index (κ2) is 5.12. The topological polar surface area (TPSA) is 9.23 Å². The smallest absolute Gasteiger partial charge is 0.445 e. The third-order valence-corrected chi connectivity index (χ3v) is 3.62. The average Bonchev–Trinajstić information content (AvgIpc) is 2.14. The third-order valence-electron chi connectivity index (χ3n) is 2.14. The largest absolute Gasteiger partial charge is 0.505 e. The van der Waals surface area contributed by atoms with Crippen LogP contribution in [0.3, 0.4) is 0 Å². The minimum Gasteiger partial charge on any atom is -0.445 e. The lowest BCUT2D eigenvalue weighted by Gasteiger charge is -2.24. The molecule has 1 aliphatic heterocycles. The van der Waals surface area contributed by atoms with Crippen molar-refractivity contribution in [3.05, 3.63) is 12.1 Å². The molecule has 0 amide bonds. The van der Waals surface area contributed by atoms with Gasteiger partial charge in [0.1, 0.15) is 0 Å². The first-order valence-electron chi connectivity index (χ1n) is 4.57. The van der Waals surface area contributed by atoms with E-state index in [1.165, 1.54) is 11.8 Å². The normalized spacial score (nSPS) is 19.6. The molecular formula is C8H13BF3OS-. The Kier molecular flexibility index (Phi) is 4.38. The fraction of sp³-hybridized carbons (Fsp3) is 0.750. The molecule has 0 aromatic heterocycles. The van der Waals surface area contributed by atoms with Gasteiger partial charge in [0, 0.05) is 18.5 Å². The summed E-state index contributed by atoms with van der Waals surface area (Å²) in [5.74, 6) is 0.00810. The van der Waals surface area contributed by atoms with Gasteiger partial charge in [0.15, 0.2) is 0 Å². The minimum atomic E-state index is -4.85. The van der Waals surface area contributed by atoms with Gasteiger partial charge in [-0.1, -0.05) is 0 Å². The molecule has 1 aliphatic rings. The molecule has 0 spiro atoms. The molecule has 0 aromatic rings. The summed E-state index contributed by atoms with van der Waals surface area (Å²) in [6.07, 6.45) is 1.70. The van der Waals surface area contributed by atoms with Crippen LogP contribution in [-0.2, 0) is 4.74 Å². The van der Waals surface area contributed by atoms with E-state index in [-0.39, 0.29) is 5.75 Å². The van der Waals surface area contributed by atoms with Crippen molar-refractivity contribution < 1.29 is 17.7 Å². The first-order chi connectivity index (χ1) is 6.50. The van der Waals surface area contributed by atoms with Gasteiger partial charge in [-0.3, -0.25) is 0 Å².